The van der Waals surface area contributed by atoms with Crippen molar-refractivity contribution in [2.45, 2.75) is 13.8 Å². The van der Waals surface area contributed by atoms with Gasteiger partial charge < -0.3 is 15.4 Å². The number of hydrogen-bond acceptors (Lipinski definition) is 5. The lowest BCUT2D eigenvalue weighted by atomic mass is 10.3. The molecule has 3 aromatic rings. The highest BCUT2D eigenvalue weighted by Gasteiger charge is 2.07. The van der Waals surface area contributed by atoms with Gasteiger partial charge in [-0.3, -0.25) is 0 Å². The van der Waals surface area contributed by atoms with Crippen molar-refractivity contribution >= 4 is 34.7 Å². The van der Waals surface area contributed by atoms with Crippen LogP contribution in [0.1, 0.15) is 12.6 Å². The van der Waals surface area contributed by atoms with Crippen LogP contribution in [0.2, 0.25) is 5.02 Å². The first-order valence-corrected chi connectivity index (χ1v) is 8.39. The smallest absolute Gasteiger partial charge is 0.229 e. The minimum Gasteiger partial charge on any atom is -0.492 e. The summed E-state index contributed by atoms with van der Waals surface area (Å²) in [7, 11) is 0. The number of benzene rings is 2. The van der Waals surface area contributed by atoms with Crippen LogP contribution in [0.5, 0.6) is 5.75 Å². The molecule has 0 aliphatic heterocycles. The van der Waals surface area contributed by atoms with Crippen molar-refractivity contribution < 1.29 is 4.74 Å². The van der Waals surface area contributed by atoms with Crippen molar-refractivity contribution in [3.63, 3.8) is 0 Å². The molecule has 0 spiro atoms. The first kappa shape index (κ1) is 17.0. The molecule has 3 rings (SSSR count). The Morgan fingerprint density at radius 1 is 1.00 bits per heavy atom. The van der Waals surface area contributed by atoms with Gasteiger partial charge in [0.2, 0.25) is 5.95 Å². The zero-order valence-electron chi connectivity index (χ0n) is 14.1. The average molecular weight is 355 g/mol. The summed E-state index contributed by atoms with van der Waals surface area (Å²) in [5.41, 5.74) is 2.58. The van der Waals surface area contributed by atoms with E-state index in [1.165, 1.54) is 0 Å². The van der Waals surface area contributed by atoms with E-state index in [0.717, 1.165) is 22.8 Å². The summed E-state index contributed by atoms with van der Waals surface area (Å²) in [6.45, 7) is 4.47. The molecule has 2 aromatic carbocycles. The fourth-order valence-electron chi connectivity index (χ4n) is 2.34. The topological polar surface area (TPSA) is 59.1 Å². The molecule has 0 unspecified atom stereocenters. The van der Waals surface area contributed by atoms with Crippen LogP contribution in [-0.4, -0.2) is 16.6 Å². The third-order valence-corrected chi connectivity index (χ3v) is 3.66. The quantitative estimate of drug-likeness (QED) is 0.627. The van der Waals surface area contributed by atoms with Crippen LogP contribution < -0.4 is 15.4 Å². The molecule has 1 aromatic heterocycles. The van der Waals surface area contributed by atoms with E-state index >= 15 is 0 Å². The Bertz CT molecular complexity index is 852. The van der Waals surface area contributed by atoms with E-state index in [-0.39, 0.29) is 0 Å². The molecule has 25 heavy (non-hydrogen) atoms. The van der Waals surface area contributed by atoms with E-state index in [1.54, 1.807) is 0 Å². The largest absolute Gasteiger partial charge is 0.492 e. The number of anilines is 4. The van der Waals surface area contributed by atoms with E-state index in [0.29, 0.717) is 23.4 Å². The minimum absolute atomic E-state index is 0.503. The number of nitrogens with zero attached hydrogens (tertiary/aromatic N) is 2. The van der Waals surface area contributed by atoms with Gasteiger partial charge in [0.25, 0.3) is 0 Å². The maximum Gasteiger partial charge on any atom is 0.229 e. The second-order valence-electron chi connectivity index (χ2n) is 5.40. The zero-order valence-corrected chi connectivity index (χ0v) is 14.8. The van der Waals surface area contributed by atoms with Crippen LogP contribution in [0.15, 0.2) is 54.6 Å². The fraction of sp³-hybridized carbons (Fsp3) is 0.158. The van der Waals surface area contributed by atoms with Crippen molar-refractivity contribution in [2.24, 2.45) is 0 Å². The van der Waals surface area contributed by atoms with Gasteiger partial charge in [-0.25, -0.2) is 4.98 Å². The fourth-order valence-corrected chi connectivity index (χ4v) is 2.47. The predicted molar refractivity (Wildman–Crippen MR) is 102 cm³/mol. The summed E-state index contributed by atoms with van der Waals surface area (Å²) in [5, 5.41) is 7.18. The Morgan fingerprint density at radius 3 is 2.52 bits per heavy atom. The van der Waals surface area contributed by atoms with Crippen LogP contribution in [0.25, 0.3) is 0 Å². The zero-order chi connectivity index (χ0) is 17.6. The molecule has 128 valence electrons. The van der Waals surface area contributed by atoms with Crippen LogP contribution in [0.4, 0.5) is 23.1 Å². The van der Waals surface area contributed by atoms with E-state index in [9.17, 15) is 0 Å². The lowest BCUT2D eigenvalue weighted by Gasteiger charge is -2.13. The molecule has 5 nitrogen and oxygen atoms in total. The first-order chi connectivity index (χ1) is 12.1. The Hall–Kier alpha value is -2.79. The number of hydrogen-bond donors (Lipinski definition) is 2. The molecule has 1 heterocycles. The van der Waals surface area contributed by atoms with Gasteiger partial charge in [-0.05, 0) is 50.2 Å². The van der Waals surface area contributed by atoms with Crippen LogP contribution in [0, 0.1) is 6.92 Å². The third-order valence-electron chi connectivity index (χ3n) is 3.40. The number of aryl methyl sites for hydroxylation is 1. The number of ether oxygens (including phenoxy) is 1. The van der Waals surface area contributed by atoms with Gasteiger partial charge >= 0.3 is 0 Å². The number of halogens is 1. The van der Waals surface area contributed by atoms with Crippen molar-refractivity contribution in [2.75, 3.05) is 17.2 Å². The van der Waals surface area contributed by atoms with E-state index in [1.807, 2.05) is 68.4 Å². The number of aromatic nitrogens is 2. The van der Waals surface area contributed by atoms with Crippen molar-refractivity contribution in [1.82, 2.24) is 9.97 Å². The lowest BCUT2D eigenvalue weighted by molar-refractivity contribution is 0.342. The predicted octanol–water partition coefficient (Wildman–Crippen LogP) is 5.32. The molecule has 0 bridgehead atoms. The summed E-state index contributed by atoms with van der Waals surface area (Å²) in [4.78, 5) is 8.97. The normalized spacial score (nSPS) is 10.4. The highest BCUT2D eigenvalue weighted by atomic mass is 35.5. The van der Waals surface area contributed by atoms with Gasteiger partial charge in [-0.2, -0.15) is 4.98 Å². The minimum atomic E-state index is 0.503. The molecule has 0 saturated carbocycles. The van der Waals surface area contributed by atoms with Crippen molar-refractivity contribution in [3.8, 4) is 5.75 Å². The standard InChI is InChI=1S/C19H19ClN4O/c1-3-25-17-7-5-4-6-16(17)23-19-21-13(2)12-18(24-19)22-15-10-8-14(20)9-11-15/h4-12H,3H2,1-2H3,(H2,21,22,23,24). The number of nitrogens with one attached hydrogen (secondary N) is 2. The monoisotopic (exact) mass is 354 g/mol. The van der Waals surface area contributed by atoms with E-state index in [2.05, 4.69) is 20.6 Å². The third kappa shape index (κ3) is 4.61. The van der Waals surface area contributed by atoms with Gasteiger partial charge in [0, 0.05) is 22.5 Å². The molecular weight excluding hydrogens is 336 g/mol. The molecule has 6 heteroatoms. The highest BCUT2D eigenvalue weighted by Crippen LogP contribution is 2.27. The molecule has 0 fully saturated rings. The second-order valence-corrected chi connectivity index (χ2v) is 5.84. The maximum absolute atomic E-state index is 5.92. The van der Waals surface area contributed by atoms with Gasteiger partial charge in [0.1, 0.15) is 11.6 Å². The van der Waals surface area contributed by atoms with Crippen molar-refractivity contribution in [1.29, 1.82) is 0 Å². The van der Waals surface area contributed by atoms with Gasteiger partial charge in [-0.15, -0.1) is 0 Å². The van der Waals surface area contributed by atoms with Gasteiger partial charge in [0.05, 0.1) is 12.3 Å². The summed E-state index contributed by atoms with van der Waals surface area (Å²) in [6, 6.07) is 17.1. The Labute approximate surface area is 152 Å². The lowest BCUT2D eigenvalue weighted by Crippen LogP contribution is -2.04. The molecule has 0 atom stereocenters. The summed E-state index contributed by atoms with van der Waals surface area (Å²) >= 11 is 5.92. The van der Waals surface area contributed by atoms with Gasteiger partial charge in [0.15, 0.2) is 0 Å². The Kier molecular flexibility index (Phi) is 5.36. The molecule has 0 saturated heterocycles. The number of rotatable bonds is 6. The average Bonchev–Trinajstić information content (AvgIpc) is 2.58. The Morgan fingerprint density at radius 2 is 1.76 bits per heavy atom. The van der Waals surface area contributed by atoms with E-state index < -0.39 is 0 Å². The Balaban J connectivity index is 1.83. The van der Waals surface area contributed by atoms with E-state index in [4.69, 9.17) is 16.3 Å². The number of para-hydroxylation sites is 2. The molecule has 0 aliphatic rings. The molecule has 2 N–H and O–H groups in total. The first-order valence-electron chi connectivity index (χ1n) is 8.01. The van der Waals surface area contributed by atoms with Crippen LogP contribution in [0.3, 0.4) is 0 Å². The van der Waals surface area contributed by atoms with Gasteiger partial charge in [-0.1, -0.05) is 23.7 Å². The second kappa shape index (κ2) is 7.85. The van der Waals surface area contributed by atoms with Crippen molar-refractivity contribution in [3.05, 3.63) is 65.3 Å². The summed E-state index contributed by atoms with van der Waals surface area (Å²) in [5.74, 6) is 1.97. The molecule has 0 amide bonds. The molecule has 0 aliphatic carbocycles. The molecular formula is C19H19ClN4O. The maximum atomic E-state index is 5.92. The summed E-state index contributed by atoms with van der Waals surface area (Å²) < 4.78 is 5.63. The van der Waals surface area contributed by atoms with Crippen LogP contribution >= 0.6 is 11.6 Å². The highest BCUT2D eigenvalue weighted by molar-refractivity contribution is 6.30. The summed E-state index contributed by atoms with van der Waals surface area (Å²) in [6.07, 6.45) is 0. The van der Waals surface area contributed by atoms with Crippen LogP contribution in [-0.2, 0) is 0 Å². The SMILES string of the molecule is CCOc1ccccc1Nc1nc(C)cc(Nc2ccc(Cl)cc2)n1. The molecule has 0 radical (unpaired) electrons.